The third-order valence-corrected chi connectivity index (χ3v) is 3.26. The SMILES string of the molecule is CCOc1oc(C(=O)O)c2ccc(-c3ccccc3)cc12. The van der Waals surface area contributed by atoms with Crippen molar-refractivity contribution in [1.29, 1.82) is 0 Å². The standard InChI is InChI=1S/C17H14O4/c1-2-20-17-14-10-12(11-6-4-3-5-7-11)8-9-13(14)15(21-17)16(18)19/h3-10H,2H2,1H3,(H,18,19). The number of hydrogen-bond acceptors (Lipinski definition) is 3. The molecule has 0 amide bonds. The zero-order valence-electron chi connectivity index (χ0n) is 11.5. The molecular weight excluding hydrogens is 268 g/mol. The Morgan fingerprint density at radius 1 is 1.10 bits per heavy atom. The molecule has 0 aliphatic carbocycles. The van der Waals surface area contributed by atoms with E-state index in [9.17, 15) is 9.90 Å². The van der Waals surface area contributed by atoms with Gasteiger partial charge in [-0.1, -0.05) is 36.4 Å². The molecule has 3 aromatic rings. The fourth-order valence-electron chi connectivity index (χ4n) is 2.32. The number of rotatable bonds is 4. The molecule has 1 N–H and O–H groups in total. The lowest BCUT2D eigenvalue weighted by Crippen LogP contribution is -1.93. The predicted octanol–water partition coefficient (Wildman–Crippen LogP) is 4.20. The molecule has 106 valence electrons. The van der Waals surface area contributed by atoms with Gasteiger partial charge in [-0.05, 0) is 30.2 Å². The Hall–Kier alpha value is -2.75. The van der Waals surface area contributed by atoms with Crippen LogP contribution in [0.5, 0.6) is 5.95 Å². The zero-order chi connectivity index (χ0) is 14.8. The molecule has 2 aromatic carbocycles. The highest BCUT2D eigenvalue weighted by Gasteiger charge is 2.19. The maximum atomic E-state index is 11.2. The molecule has 4 heteroatoms. The molecule has 0 atom stereocenters. The summed E-state index contributed by atoms with van der Waals surface area (Å²) in [5.74, 6) is -0.936. The summed E-state index contributed by atoms with van der Waals surface area (Å²) < 4.78 is 10.7. The maximum Gasteiger partial charge on any atom is 0.372 e. The predicted molar refractivity (Wildman–Crippen MR) is 79.8 cm³/mol. The number of carboxylic acids is 1. The molecule has 1 aromatic heterocycles. The van der Waals surface area contributed by atoms with E-state index in [1.165, 1.54) is 0 Å². The Morgan fingerprint density at radius 2 is 1.86 bits per heavy atom. The number of ether oxygens (including phenoxy) is 1. The van der Waals surface area contributed by atoms with Crippen molar-refractivity contribution < 1.29 is 19.1 Å². The normalized spacial score (nSPS) is 10.7. The monoisotopic (exact) mass is 282 g/mol. The molecule has 21 heavy (non-hydrogen) atoms. The molecule has 0 aliphatic heterocycles. The summed E-state index contributed by atoms with van der Waals surface area (Å²) in [4.78, 5) is 11.2. The van der Waals surface area contributed by atoms with Gasteiger partial charge >= 0.3 is 5.97 Å². The van der Waals surface area contributed by atoms with Crippen molar-refractivity contribution in [1.82, 2.24) is 0 Å². The molecule has 4 nitrogen and oxygen atoms in total. The van der Waals surface area contributed by atoms with E-state index in [-0.39, 0.29) is 11.7 Å². The second-order valence-electron chi connectivity index (χ2n) is 4.58. The van der Waals surface area contributed by atoms with E-state index in [4.69, 9.17) is 9.15 Å². The number of aromatic carboxylic acids is 1. The van der Waals surface area contributed by atoms with Gasteiger partial charge in [-0.3, -0.25) is 0 Å². The van der Waals surface area contributed by atoms with Crippen LogP contribution < -0.4 is 4.74 Å². The summed E-state index contributed by atoms with van der Waals surface area (Å²) in [6.07, 6.45) is 0. The van der Waals surface area contributed by atoms with Crippen LogP contribution in [-0.4, -0.2) is 17.7 Å². The van der Waals surface area contributed by atoms with Crippen molar-refractivity contribution in [2.24, 2.45) is 0 Å². The highest BCUT2D eigenvalue weighted by Crippen LogP contribution is 2.35. The van der Waals surface area contributed by atoms with E-state index in [1.807, 2.05) is 49.4 Å². The van der Waals surface area contributed by atoms with Crippen molar-refractivity contribution in [3.05, 3.63) is 54.3 Å². The third kappa shape index (κ3) is 2.36. The van der Waals surface area contributed by atoms with Crippen LogP contribution in [0.25, 0.3) is 21.9 Å². The minimum atomic E-state index is -1.10. The number of fused-ring (bicyclic) bond motifs is 1. The van der Waals surface area contributed by atoms with Crippen molar-refractivity contribution in [2.45, 2.75) is 6.92 Å². The lowest BCUT2D eigenvalue weighted by Gasteiger charge is -2.02. The van der Waals surface area contributed by atoms with Gasteiger partial charge in [0.2, 0.25) is 5.76 Å². The Bertz CT molecular complexity index is 787. The van der Waals surface area contributed by atoms with E-state index in [1.54, 1.807) is 6.07 Å². The zero-order valence-corrected chi connectivity index (χ0v) is 11.5. The Balaban J connectivity index is 2.20. The van der Waals surface area contributed by atoms with Crippen LogP contribution in [0.3, 0.4) is 0 Å². The van der Waals surface area contributed by atoms with Crippen LogP contribution in [0.4, 0.5) is 0 Å². The number of furan rings is 1. The first-order valence-electron chi connectivity index (χ1n) is 6.68. The summed E-state index contributed by atoms with van der Waals surface area (Å²) in [6, 6.07) is 15.4. The molecule has 3 rings (SSSR count). The molecule has 0 bridgehead atoms. The summed E-state index contributed by atoms with van der Waals surface area (Å²) in [7, 11) is 0. The minimum Gasteiger partial charge on any atom is -0.475 e. The summed E-state index contributed by atoms with van der Waals surface area (Å²) in [5, 5.41) is 10.4. The quantitative estimate of drug-likeness (QED) is 0.779. The summed E-state index contributed by atoms with van der Waals surface area (Å²) in [6.45, 7) is 2.24. The lowest BCUT2D eigenvalue weighted by molar-refractivity contribution is 0.0657. The molecule has 0 saturated heterocycles. The first-order chi connectivity index (χ1) is 10.2. The van der Waals surface area contributed by atoms with Crippen molar-refractivity contribution >= 4 is 16.7 Å². The largest absolute Gasteiger partial charge is 0.475 e. The molecule has 0 saturated carbocycles. The van der Waals surface area contributed by atoms with Gasteiger partial charge in [0, 0.05) is 5.39 Å². The molecular formula is C17H14O4. The highest BCUT2D eigenvalue weighted by atomic mass is 16.6. The molecule has 1 heterocycles. The minimum absolute atomic E-state index is 0.0898. The Morgan fingerprint density at radius 3 is 2.52 bits per heavy atom. The average molecular weight is 282 g/mol. The van der Waals surface area contributed by atoms with Gasteiger partial charge in [0.05, 0.1) is 12.0 Å². The number of hydrogen-bond donors (Lipinski definition) is 1. The van der Waals surface area contributed by atoms with Crippen LogP contribution in [0.1, 0.15) is 17.5 Å². The first-order valence-corrected chi connectivity index (χ1v) is 6.68. The van der Waals surface area contributed by atoms with Gasteiger partial charge in [0.25, 0.3) is 5.95 Å². The maximum absolute atomic E-state index is 11.2. The van der Waals surface area contributed by atoms with Gasteiger partial charge in [-0.2, -0.15) is 0 Å². The fraction of sp³-hybridized carbons (Fsp3) is 0.118. The Labute approximate surface area is 121 Å². The van der Waals surface area contributed by atoms with Crippen molar-refractivity contribution in [3.63, 3.8) is 0 Å². The van der Waals surface area contributed by atoms with Gasteiger partial charge in [-0.25, -0.2) is 4.79 Å². The van der Waals surface area contributed by atoms with Crippen LogP contribution in [0.15, 0.2) is 52.9 Å². The number of carbonyl (C=O) groups is 1. The molecule has 0 aliphatic rings. The number of carboxylic acid groups (broad SMARTS) is 1. The van der Waals surface area contributed by atoms with Crippen LogP contribution >= 0.6 is 0 Å². The van der Waals surface area contributed by atoms with E-state index in [0.29, 0.717) is 17.4 Å². The molecule has 0 unspecified atom stereocenters. The third-order valence-electron chi connectivity index (χ3n) is 3.26. The second kappa shape index (κ2) is 5.32. The average Bonchev–Trinajstić information content (AvgIpc) is 2.87. The molecule has 0 fully saturated rings. The van der Waals surface area contributed by atoms with Gasteiger partial charge in [0.1, 0.15) is 0 Å². The molecule has 0 spiro atoms. The second-order valence-corrected chi connectivity index (χ2v) is 4.58. The lowest BCUT2D eigenvalue weighted by atomic mass is 10.0. The van der Waals surface area contributed by atoms with E-state index in [0.717, 1.165) is 11.1 Å². The first kappa shape index (κ1) is 13.2. The summed E-state index contributed by atoms with van der Waals surface area (Å²) >= 11 is 0. The van der Waals surface area contributed by atoms with Gasteiger partial charge in [-0.15, -0.1) is 0 Å². The summed E-state index contributed by atoms with van der Waals surface area (Å²) in [5.41, 5.74) is 2.04. The van der Waals surface area contributed by atoms with Gasteiger partial charge in [0.15, 0.2) is 0 Å². The van der Waals surface area contributed by atoms with Crippen LogP contribution in [0.2, 0.25) is 0 Å². The van der Waals surface area contributed by atoms with Crippen molar-refractivity contribution in [2.75, 3.05) is 6.61 Å². The highest BCUT2D eigenvalue weighted by molar-refractivity contribution is 6.04. The van der Waals surface area contributed by atoms with Crippen LogP contribution in [0, 0.1) is 0 Å². The smallest absolute Gasteiger partial charge is 0.372 e. The van der Waals surface area contributed by atoms with Crippen molar-refractivity contribution in [3.8, 4) is 17.1 Å². The van der Waals surface area contributed by atoms with E-state index in [2.05, 4.69) is 0 Å². The van der Waals surface area contributed by atoms with E-state index >= 15 is 0 Å². The van der Waals surface area contributed by atoms with Crippen LogP contribution in [-0.2, 0) is 0 Å². The number of benzene rings is 2. The van der Waals surface area contributed by atoms with E-state index < -0.39 is 5.97 Å². The fourth-order valence-corrected chi connectivity index (χ4v) is 2.32. The van der Waals surface area contributed by atoms with Gasteiger partial charge < -0.3 is 14.3 Å². The Kier molecular flexibility index (Phi) is 3.36. The molecule has 0 radical (unpaired) electrons. The topological polar surface area (TPSA) is 59.7 Å².